The molecule has 0 radical (unpaired) electrons. The third kappa shape index (κ3) is 1.30. The average molecular weight is 178 g/mol. The average Bonchev–Trinajstić information content (AvgIpc) is 2.59. The number of hydrogen-bond acceptors (Lipinski definition) is 4. The predicted octanol–water partition coefficient (Wildman–Crippen LogP) is 1.02. The first kappa shape index (κ1) is 7.91. The molecule has 0 spiro atoms. The Morgan fingerprint density at radius 3 is 2.31 bits per heavy atom. The number of para-hydroxylation sites is 2. The van der Waals surface area contributed by atoms with Crippen LogP contribution in [0.3, 0.4) is 0 Å². The molecule has 0 fully saturated rings. The molecule has 0 aliphatic carbocycles. The van der Waals surface area contributed by atoms with Gasteiger partial charge >= 0.3 is 5.97 Å². The van der Waals surface area contributed by atoms with E-state index in [4.69, 9.17) is 0 Å². The number of nitrogens with one attached hydrogen (secondary N) is 2. The first-order chi connectivity index (χ1) is 6.31. The molecule has 2 N–H and O–H groups in total. The van der Waals surface area contributed by atoms with Crippen molar-refractivity contribution in [2.45, 2.75) is 6.17 Å². The maximum Gasteiger partial charge on any atom is 0.349 e. The Morgan fingerprint density at radius 2 is 1.85 bits per heavy atom. The molecule has 2 rings (SSSR count). The normalized spacial score (nSPS) is 14.2. The van der Waals surface area contributed by atoms with Crippen molar-refractivity contribution >= 4 is 17.3 Å². The molecule has 0 aromatic heterocycles. The highest BCUT2D eigenvalue weighted by atomic mass is 16.5. The van der Waals surface area contributed by atoms with Crippen molar-refractivity contribution in [1.29, 1.82) is 0 Å². The standard InChI is InChI=1S/C9H10N2O2/c1-13-9(12)8-10-6-4-2-3-5-7(6)11-8/h2-5,8,10-11H,1H3. The summed E-state index contributed by atoms with van der Waals surface area (Å²) >= 11 is 0. The Kier molecular flexibility index (Phi) is 1.81. The highest BCUT2D eigenvalue weighted by Gasteiger charge is 2.25. The van der Waals surface area contributed by atoms with Crippen LogP contribution < -0.4 is 10.6 Å². The second-order valence-electron chi connectivity index (χ2n) is 2.79. The number of anilines is 2. The molecule has 0 saturated carbocycles. The highest BCUT2D eigenvalue weighted by molar-refractivity contribution is 5.89. The summed E-state index contributed by atoms with van der Waals surface area (Å²) in [6.07, 6.45) is -0.456. The van der Waals surface area contributed by atoms with Gasteiger partial charge < -0.3 is 15.4 Å². The van der Waals surface area contributed by atoms with E-state index in [-0.39, 0.29) is 5.97 Å². The summed E-state index contributed by atoms with van der Waals surface area (Å²) in [5.74, 6) is -0.309. The Labute approximate surface area is 75.9 Å². The van der Waals surface area contributed by atoms with E-state index in [2.05, 4.69) is 15.4 Å². The Balaban J connectivity index is 2.18. The molecule has 0 bridgehead atoms. The molecule has 1 aliphatic rings. The second kappa shape index (κ2) is 2.97. The van der Waals surface area contributed by atoms with E-state index in [0.717, 1.165) is 11.4 Å². The number of methoxy groups -OCH3 is 1. The summed E-state index contributed by atoms with van der Waals surface area (Å²) in [6.45, 7) is 0. The summed E-state index contributed by atoms with van der Waals surface area (Å²) in [4.78, 5) is 11.1. The van der Waals surface area contributed by atoms with Crippen molar-refractivity contribution in [3.8, 4) is 0 Å². The largest absolute Gasteiger partial charge is 0.466 e. The van der Waals surface area contributed by atoms with Crippen LogP contribution in [0.4, 0.5) is 11.4 Å². The topological polar surface area (TPSA) is 50.4 Å². The van der Waals surface area contributed by atoms with Crippen molar-refractivity contribution in [2.75, 3.05) is 17.7 Å². The zero-order valence-electron chi connectivity index (χ0n) is 7.20. The van der Waals surface area contributed by atoms with Gasteiger partial charge in [0.25, 0.3) is 0 Å². The SMILES string of the molecule is COC(=O)C1Nc2ccccc2N1. The molecule has 4 heteroatoms. The number of carbonyl (C=O) groups excluding carboxylic acids is 1. The number of fused-ring (bicyclic) bond motifs is 1. The zero-order valence-corrected chi connectivity index (χ0v) is 7.20. The molecule has 1 heterocycles. The molecule has 0 atom stereocenters. The van der Waals surface area contributed by atoms with Gasteiger partial charge in [-0.05, 0) is 12.1 Å². The lowest BCUT2D eigenvalue weighted by Gasteiger charge is -2.08. The predicted molar refractivity (Wildman–Crippen MR) is 49.5 cm³/mol. The van der Waals surface area contributed by atoms with Crippen LogP contribution in [0.15, 0.2) is 24.3 Å². The van der Waals surface area contributed by atoms with Crippen molar-refractivity contribution in [3.05, 3.63) is 24.3 Å². The van der Waals surface area contributed by atoms with Crippen LogP contribution in [0.5, 0.6) is 0 Å². The third-order valence-electron chi connectivity index (χ3n) is 1.96. The van der Waals surface area contributed by atoms with E-state index in [1.807, 2.05) is 24.3 Å². The Morgan fingerprint density at radius 1 is 1.31 bits per heavy atom. The molecular formula is C9H10N2O2. The van der Waals surface area contributed by atoms with E-state index >= 15 is 0 Å². The lowest BCUT2D eigenvalue weighted by molar-refractivity contribution is -0.140. The molecule has 1 aromatic carbocycles. The number of esters is 1. The fourth-order valence-electron chi connectivity index (χ4n) is 1.32. The van der Waals surface area contributed by atoms with E-state index in [9.17, 15) is 4.79 Å². The Bertz CT molecular complexity index is 313. The number of benzene rings is 1. The Hall–Kier alpha value is -1.71. The number of hydrogen-bond donors (Lipinski definition) is 2. The van der Waals surface area contributed by atoms with Crippen LogP contribution in [-0.2, 0) is 9.53 Å². The molecule has 4 nitrogen and oxygen atoms in total. The monoisotopic (exact) mass is 178 g/mol. The van der Waals surface area contributed by atoms with Crippen LogP contribution in [0.1, 0.15) is 0 Å². The van der Waals surface area contributed by atoms with Gasteiger partial charge in [-0.25, -0.2) is 4.79 Å². The molecule has 0 amide bonds. The van der Waals surface area contributed by atoms with E-state index in [0.29, 0.717) is 0 Å². The maximum atomic E-state index is 11.1. The molecule has 1 aromatic rings. The number of carbonyl (C=O) groups is 1. The zero-order chi connectivity index (χ0) is 9.26. The van der Waals surface area contributed by atoms with E-state index in [1.165, 1.54) is 7.11 Å². The summed E-state index contributed by atoms with van der Waals surface area (Å²) in [7, 11) is 1.37. The number of rotatable bonds is 1. The molecule has 0 saturated heterocycles. The van der Waals surface area contributed by atoms with Crippen LogP contribution in [0, 0.1) is 0 Å². The minimum absolute atomic E-state index is 0.309. The minimum Gasteiger partial charge on any atom is -0.466 e. The lowest BCUT2D eigenvalue weighted by Crippen LogP contribution is -2.33. The summed E-state index contributed by atoms with van der Waals surface area (Å²) < 4.78 is 4.60. The van der Waals surface area contributed by atoms with Crippen LogP contribution >= 0.6 is 0 Å². The second-order valence-corrected chi connectivity index (χ2v) is 2.79. The van der Waals surface area contributed by atoms with Gasteiger partial charge in [0.1, 0.15) is 0 Å². The fourth-order valence-corrected chi connectivity index (χ4v) is 1.32. The van der Waals surface area contributed by atoms with Gasteiger partial charge in [-0.15, -0.1) is 0 Å². The van der Waals surface area contributed by atoms with Crippen molar-refractivity contribution < 1.29 is 9.53 Å². The maximum absolute atomic E-state index is 11.1. The molecule has 1 aliphatic heterocycles. The lowest BCUT2D eigenvalue weighted by atomic mass is 10.3. The molecule has 13 heavy (non-hydrogen) atoms. The highest BCUT2D eigenvalue weighted by Crippen LogP contribution is 2.27. The first-order valence-corrected chi connectivity index (χ1v) is 4.01. The summed E-state index contributed by atoms with van der Waals surface area (Å²) in [6, 6.07) is 7.64. The fraction of sp³-hybridized carbons (Fsp3) is 0.222. The smallest absolute Gasteiger partial charge is 0.349 e. The van der Waals surface area contributed by atoms with Crippen molar-refractivity contribution in [3.63, 3.8) is 0 Å². The minimum atomic E-state index is -0.456. The first-order valence-electron chi connectivity index (χ1n) is 4.01. The van der Waals surface area contributed by atoms with Crippen molar-refractivity contribution in [1.82, 2.24) is 0 Å². The number of ether oxygens (including phenoxy) is 1. The summed E-state index contributed by atoms with van der Waals surface area (Å²) in [5.41, 5.74) is 1.86. The quantitative estimate of drug-likeness (QED) is 0.630. The summed E-state index contributed by atoms with van der Waals surface area (Å²) in [5, 5.41) is 6.00. The van der Waals surface area contributed by atoms with Gasteiger partial charge in [0.05, 0.1) is 18.5 Å². The van der Waals surface area contributed by atoms with Gasteiger partial charge in [0.15, 0.2) is 6.17 Å². The molecule has 68 valence electrons. The van der Waals surface area contributed by atoms with Crippen molar-refractivity contribution in [2.24, 2.45) is 0 Å². The van der Waals surface area contributed by atoms with Gasteiger partial charge in [-0.1, -0.05) is 12.1 Å². The van der Waals surface area contributed by atoms with Gasteiger partial charge in [-0.2, -0.15) is 0 Å². The third-order valence-corrected chi connectivity index (χ3v) is 1.96. The molecular weight excluding hydrogens is 168 g/mol. The molecule has 0 unspecified atom stereocenters. The van der Waals surface area contributed by atoms with Gasteiger partial charge in [0, 0.05) is 0 Å². The van der Waals surface area contributed by atoms with Gasteiger partial charge in [-0.3, -0.25) is 0 Å². The van der Waals surface area contributed by atoms with E-state index in [1.54, 1.807) is 0 Å². The van der Waals surface area contributed by atoms with Crippen LogP contribution in [0.25, 0.3) is 0 Å². The van der Waals surface area contributed by atoms with Gasteiger partial charge in [0.2, 0.25) is 0 Å². The van der Waals surface area contributed by atoms with E-state index < -0.39 is 6.17 Å². The van der Waals surface area contributed by atoms with Crippen LogP contribution in [-0.4, -0.2) is 19.2 Å². The van der Waals surface area contributed by atoms with Crippen LogP contribution in [0.2, 0.25) is 0 Å².